The topological polar surface area (TPSA) is 78.9 Å². The van der Waals surface area contributed by atoms with E-state index in [1.807, 2.05) is 0 Å². The smallest absolute Gasteiger partial charge is 0.254 e. The third kappa shape index (κ3) is 3.67. The fourth-order valence-corrected chi connectivity index (χ4v) is 1.70. The Morgan fingerprint density at radius 1 is 1.58 bits per heavy atom. The third-order valence-electron chi connectivity index (χ3n) is 3.04. The quantitative estimate of drug-likeness (QED) is 0.377. The molecule has 1 amide bonds. The van der Waals surface area contributed by atoms with E-state index >= 15 is 0 Å². The first-order valence-electron chi connectivity index (χ1n) is 5.86. The third-order valence-corrected chi connectivity index (χ3v) is 3.04. The minimum Gasteiger partial charge on any atom is -0.409 e. The molecule has 0 radical (unpaired) electrons. The number of hydrogen-bond acceptors (Lipinski definition) is 3. The summed E-state index contributed by atoms with van der Waals surface area (Å²) < 4.78 is 13.2. The first-order chi connectivity index (χ1) is 8.86. The standard InChI is InChI=1S/C13H18FN3O2/c1-8-4-5-10(14)7-11(8)13(18)17(3)9(2)6-12(15)16-19/h4-5,7,9,19H,6H2,1-3H3,(H2,15,16). The molecular formula is C13H18FN3O2. The molecule has 1 rings (SSSR count). The zero-order valence-electron chi connectivity index (χ0n) is 11.2. The minimum atomic E-state index is -0.452. The van der Waals surface area contributed by atoms with Crippen LogP contribution in [0, 0.1) is 12.7 Å². The maximum absolute atomic E-state index is 13.2. The summed E-state index contributed by atoms with van der Waals surface area (Å²) in [6, 6.07) is 3.83. The van der Waals surface area contributed by atoms with Crippen molar-refractivity contribution in [3.05, 3.63) is 35.1 Å². The Bertz CT molecular complexity index is 503. The molecule has 3 N–H and O–H groups in total. The number of rotatable bonds is 4. The van der Waals surface area contributed by atoms with Crippen molar-refractivity contribution in [3.63, 3.8) is 0 Å². The van der Waals surface area contributed by atoms with E-state index in [1.54, 1.807) is 27.0 Å². The van der Waals surface area contributed by atoms with E-state index in [0.717, 1.165) is 0 Å². The fraction of sp³-hybridized carbons (Fsp3) is 0.385. The summed E-state index contributed by atoms with van der Waals surface area (Å²) in [6.45, 7) is 3.51. The summed E-state index contributed by atoms with van der Waals surface area (Å²) in [7, 11) is 1.60. The zero-order valence-corrected chi connectivity index (χ0v) is 11.2. The van der Waals surface area contributed by atoms with Gasteiger partial charge in [0.25, 0.3) is 5.91 Å². The first-order valence-corrected chi connectivity index (χ1v) is 5.86. The average Bonchev–Trinajstić information content (AvgIpc) is 2.39. The van der Waals surface area contributed by atoms with E-state index in [4.69, 9.17) is 10.9 Å². The van der Waals surface area contributed by atoms with Gasteiger partial charge in [0.05, 0.1) is 0 Å². The highest BCUT2D eigenvalue weighted by atomic mass is 19.1. The van der Waals surface area contributed by atoms with E-state index in [1.165, 1.54) is 17.0 Å². The largest absolute Gasteiger partial charge is 0.409 e. The molecule has 0 fully saturated rings. The maximum Gasteiger partial charge on any atom is 0.254 e. The van der Waals surface area contributed by atoms with Crippen LogP contribution in [0.25, 0.3) is 0 Å². The molecule has 1 aromatic carbocycles. The van der Waals surface area contributed by atoms with Crippen molar-refractivity contribution in [2.75, 3.05) is 7.05 Å². The van der Waals surface area contributed by atoms with Gasteiger partial charge in [0.15, 0.2) is 0 Å². The summed E-state index contributed by atoms with van der Waals surface area (Å²) in [5.41, 5.74) is 6.42. The molecule has 0 spiro atoms. The van der Waals surface area contributed by atoms with Crippen molar-refractivity contribution in [1.82, 2.24) is 4.90 Å². The van der Waals surface area contributed by atoms with E-state index in [2.05, 4.69) is 5.16 Å². The van der Waals surface area contributed by atoms with Gasteiger partial charge in [0.2, 0.25) is 0 Å². The van der Waals surface area contributed by atoms with E-state index in [9.17, 15) is 9.18 Å². The Morgan fingerprint density at radius 2 is 2.21 bits per heavy atom. The summed E-state index contributed by atoms with van der Waals surface area (Å²) >= 11 is 0. The molecule has 0 saturated heterocycles. The molecule has 1 aromatic rings. The summed E-state index contributed by atoms with van der Waals surface area (Å²) in [5.74, 6) is -0.704. The van der Waals surface area contributed by atoms with Crippen LogP contribution in [-0.4, -0.2) is 34.9 Å². The second-order valence-electron chi connectivity index (χ2n) is 4.52. The number of carbonyl (C=O) groups is 1. The molecule has 1 atom stereocenters. The van der Waals surface area contributed by atoms with Gasteiger partial charge in [-0.3, -0.25) is 4.79 Å². The Kier molecular flexibility index (Phi) is 4.86. The van der Waals surface area contributed by atoms with Crippen molar-refractivity contribution in [1.29, 1.82) is 0 Å². The molecule has 0 aliphatic carbocycles. The summed E-state index contributed by atoms with van der Waals surface area (Å²) in [6.07, 6.45) is 0.243. The summed E-state index contributed by atoms with van der Waals surface area (Å²) in [4.78, 5) is 13.7. The zero-order chi connectivity index (χ0) is 14.6. The monoisotopic (exact) mass is 267 g/mol. The molecule has 0 aliphatic heterocycles. The molecule has 104 valence electrons. The van der Waals surface area contributed by atoms with Gasteiger partial charge in [0, 0.05) is 25.1 Å². The molecule has 0 aromatic heterocycles. The number of halogens is 1. The van der Waals surface area contributed by atoms with Crippen molar-refractivity contribution >= 4 is 11.7 Å². The van der Waals surface area contributed by atoms with Crippen molar-refractivity contribution in [3.8, 4) is 0 Å². The van der Waals surface area contributed by atoms with E-state index in [0.29, 0.717) is 11.1 Å². The number of benzene rings is 1. The van der Waals surface area contributed by atoms with Crippen LogP contribution < -0.4 is 5.73 Å². The van der Waals surface area contributed by atoms with Crippen LogP contribution in [-0.2, 0) is 0 Å². The molecule has 0 aliphatic rings. The number of nitrogens with zero attached hydrogens (tertiary/aromatic N) is 2. The van der Waals surface area contributed by atoms with Crippen LogP contribution in [0.3, 0.4) is 0 Å². The number of amides is 1. The minimum absolute atomic E-state index is 0.0446. The number of oxime groups is 1. The van der Waals surface area contributed by atoms with Gasteiger partial charge in [-0.15, -0.1) is 0 Å². The van der Waals surface area contributed by atoms with Crippen LogP contribution in [0.4, 0.5) is 4.39 Å². The van der Waals surface area contributed by atoms with Gasteiger partial charge >= 0.3 is 0 Å². The maximum atomic E-state index is 13.2. The summed E-state index contributed by atoms with van der Waals surface area (Å²) in [5, 5.41) is 11.4. The number of carbonyl (C=O) groups excluding carboxylic acids is 1. The lowest BCUT2D eigenvalue weighted by Gasteiger charge is -2.25. The van der Waals surface area contributed by atoms with Crippen LogP contribution in [0.2, 0.25) is 0 Å². The molecule has 0 saturated carbocycles. The van der Waals surface area contributed by atoms with Crippen molar-refractivity contribution < 1.29 is 14.4 Å². The van der Waals surface area contributed by atoms with Gasteiger partial charge in [-0.25, -0.2) is 4.39 Å². The van der Waals surface area contributed by atoms with E-state index < -0.39 is 5.82 Å². The van der Waals surface area contributed by atoms with Gasteiger partial charge in [0.1, 0.15) is 11.7 Å². The lowest BCUT2D eigenvalue weighted by atomic mass is 10.1. The Morgan fingerprint density at radius 3 is 2.79 bits per heavy atom. The van der Waals surface area contributed by atoms with Crippen molar-refractivity contribution in [2.24, 2.45) is 10.9 Å². The molecule has 6 heteroatoms. The highest BCUT2D eigenvalue weighted by Gasteiger charge is 2.20. The molecular weight excluding hydrogens is 249 g/mol. The number of nitrogens with two attached hydrogens (primary N) is 1. The van der Waals surface area contributed by atoms with Crippen LogP contribution in [0.1, 0.15) is 29.3 Å². The van der Waals surface area contributed by atoms with Gasteiger partial charge < -0.3 is 15.8 Å². The molecule has 5 nitrogen and oxygen atoms in total. The molecule has 0 heterocycles. The molecule has 1 unspecified atom stereocenters. The SMILES string of the molecule is Cc1ccc(F)cc1C(=O)N(C)C(C)CC(N)=NO. The van der Waals surface area contributed by atoms with Crippen LogP contribution in [0.5, 0.6) is 0 Å². The Balaban J connectivity index is 2.90. The van der Waals surface area contributed by atoms with Crippen LogP contribution in [0.15, 0.2) is 23.4 Å². The second-order valence-corrected chi connectivity index (χ2v) is 4.52. The van der Waals surface area contributed by atoms with E-state index in [-0.39, 0.29) is 24.2 Å². The lowest BCUT2D eigenvalue weighted by Crippen LogP contribution is -2.38. The number of amidine groups is 1. The van der Waals surface area contributed by atoms with Gasteiger partial charge in [-0.1, -0.05) is 11.2 Å². The van der Waals surface area contributed by atoms with Gasteiger partial charge in [-0.05, 0) is 31.5 Å². The van der Waals surface area contributed by atoms with Gasteiger partial charge in [-0.2, -0.15) is 0 Å². The number of aryl methyl sites for hydroxylation is 1. The first kappa shape index (κ1) is 14.9. The predicted molar refractivity (Wildman–Crippen MR) is 70.7 cm³/mol. The molecule has 19 heavy (non-hydrogen) atoms. The number of hydrogen-bond donors (Lipinski definition) is 2. The fourth-order valence-electron chi connectivity index (χ4n) is 1.70. The normalized spacial score (nSPS) is 13.2. The van der Waals surface area contributed by atoms with Crippen molar-refractivity contribution in [2.45, 2.75) is 26.3 Å². The highest BCUT2D eigenvalue weighted by Crippen LogP contribution is 2.14. The Labute approximate surface area is 111 Å². The average molecular weight is 267 g/mol. The molecule has 0 bridgehead atoms. The highest BCUT2D eigenvalue weighted by molar-refractivity contribution is 5.96. The van der Waals surface area contributed by atoms with Crippen LogP contribution >= 0.6 is 0 Å². The second kappa shape index (κ2) is 6.17. The Hall–Kier alpha value is -2.11. The lowest BCUT2D eigenvalue weighted by molar-refractivity contribution is 0.0746. The predicted octanol–water partition coefficient (Wildman–Crippen LogP) is 1.73.